The fraction of sp³-hybridized carbons (Fsp3) is 0.444. The van der Waals surface area contributed by atoms with Crippen molar-refractivity contribution in [3.05, 3.63) is 107 Å². The van der Waals surface area contributed by atoms with Crippen LogP contribution in [-0.4, -0.2) is 44.2 Å². The number of benzene rings is 4. The lowest BCUT2D eigenvalue weighted by Crippen LogP contribution is -2.48. The number of Topliss-reactive ketones (excluding diaryl/α,β-unsaturated/α-hetero) is 1. The minimum absolute atomic E-state index is 0.00912. The van der Waals surface area contributed by atoms with Gasteiger partial charge in [-0.15, -0.1) is 0 Å². The Kier molecular flexibility index (Phi) is 9.96. The molecular formula is C45H51NO8. The zero-order valence-corrected chi connectivity index (χ0v) is 30.6. The van der Waals surface area contributed by atoms with Crippen molar-refractivity contribution in [2.24, 2.45) is 29.4 Å². The van der Waals surface area contributed by atoms with Crippen molar-refractivity contribution < 1.29 is 39.8 Å². The van der Waals surface area contributed by atoms with Crippen molar-refractivity contribution in [2.45, 2.75) is 94.2 Å². The zero-order chi connectivity index (χ0) is 37.6. The highest BCUT2D eigenvalue weighted by molar-refractivity contribution is 5.82. The van der Waals surface area contributed by atoms with Gasteiger partial charge in [-0.2, -0.15) is 0 Å². The molecular weight excluding hydrogens is 682 g/mol. The van der Waals surface area contributed by atoms with E-state index >= 15 is 0 Å². The topological polar surface area (TPSA) is 163 Å². The Morgan fingerprint density at radius 2 is 1.63 bits per heavy atom. The number of fused-ring (bicyclic) bond motifs is 1. The van der Waals surface area contributed by atoms with E-state index in [1.807, 2.05) is 6.07 Å². The zero-order valence-electron chi connectivity index (χ0n) is 30.6. The average Bonchev–Trinajstić information content (AvgIpc) is 3.56. The Hall–Kier alpha value is -4.73. The van der Waals surface area contributed by atoms with Crippen LogP contribution in [0, 0.1) is 23.7 Å². The van der Waals surface area contributed by atoms with E-state index in [0.717, 1.165) is 67.2 Å². The first-order valence-electron chi connectivity index (χ1n) is 19.6. The molecule has 0 aromatic heterocycles. The van der Waals surface area contributed by atoms with E-state index in [4.69, 9.17) is 15.2 Å². The third-order valence-electron chi connectivity index (χ3n) is 13.4. The van der Waals surface area contributed by atoms with Gasteiger partial charge in [-0.05, 0) is 133 Å². The number of carbonyl (C=O) groups excluding carboxylic acids is 1. The summed E-state index contributed by atoms with van der Waals surface area (Å²) >= 11 is 0. The molecule has 9 rings (SSSR count). The van der Waals surface area contributed by atoms with Gasteiger partial charge in [-0.1, -0.05) is 61.4 Å². The van der Waals surface area contributed by atoms with E-state index in [9.17, 15) is 30.3 Å². The molecule has 4 aromatic rings. The molecule has 0 aliphatic heterocycles. The number of nitrogens with two attached hydrogens (primary N) is 1. The van der Waals surface area contributed by atoms with Gasteiger partial charge in [0.15, 0.2) is 23.0 Å². The lowest BCUT2D eigenvalue weighted by Gasteiger charge is -2.51. The van der Waals surface area contributed by atoms with Gasteiger partial charge < -0.3 is 35.0 Å². The normalized spacial score (nSPS) is 26.7. The van der Waals surface area contributed by atoms with E-state index in [1.54, 1.807) is 42.5 Å². The molecule has 4 aromatic carbocycles. The van der Waals surface area contributed by atoms with Gasteiger partial charge in [0.25, 0.3) is 0 Å². The first-order chi connectivity index (χ1) is 26.2. The Balaban J connectivity index is 1.18. The summed E-state index contributed by atoms with van der Waals surface area (Å²) < 4.78 is 11.8. The van der Waals surface area contributed by atoms with Gasteiger partial charge in [0.05, 0.1) is 6.10 Å². The number of phenolic OH excluding ortho intramolecular Hbond substituents is 4. The summed E-state index contributed by atoms with van der Waals surface area (Å²) in [5.74, 6) is -0.517. The van der Waals surface area contributed by atoms with Gasteiger partial charge in [0.1, 0.15) is 24.9 Å². The molecule has 3 saturated carbocycles. The van der Waals surface area contributed by atoms with Crippen molar-refractivity contribution in [3.8, 4) is 34.5 Å². The number of hydrogen-bond acceptors (Lipinski definition) is 9. The summed E-state index contributed by atoms with van der Waals surface area (Å²) in [4.78, 5) is 14.1. The van der Waals surface area contributed by atoms with E-state index < -0.39 is 12.0 Å². The van der Waals surface area contributed by atoms with E-state index in [0.29, 0.717) is 12.8 Å². The van der Waals surface area contributed by atoms with Gasteiger partial charge in [0, 0.05) is 17.9 Å². The van der Waals surface area contributed by atoms with E-state index in [-0.39, 0.29) is 95.0 Å². The maximum atomic E-state index is 14.1. The molecule has 54 heavy (non-hydrogen) atoms. The van der Waals surface area contributed by atoms with Crippen LogP contribution in [0.5, 0.6) is 34.5 Å². The highest BCUT2D eigenvalue weighted by atomic mass is 16.5. The monoisotopic (exact) mass is 733 g/mol. The largest absolute Gasteiger partial charge is 0.508 e. The number of aliphatic hydroxyl groups is 1. The molecule has 0 spiro atoms. The summed E-state index contributed by atoms with van der Waals surface area (Å²) in [5, 5.41) is 55.6. The van der Waals surface area contributed by atoms with Gasteiger partial charge in [-0.25, -0.2) is 0 Å². The molecule has 5 aliphatic rings. The van der Waals surface area contributed by atoms with Crippen LogP contribution < -0.4 is 15.2 Å². The second kappa shape index (κ2) is 14.8. The Morgan fingerprint density at radius 1 is 0.833 bits per heavy atom. The number of rotatable bonds is 11. The van der Waals surface area contributed by atoms with Crippen LogP contribution >= 0.6 is 0 Å². The second-order valence-corrected chi connectivity index (χ2v) is 16.2. The average molecular weight is 734 g/mol. The van der Waals surface area contributed by atoms with Crippen molar-refractivity contribution in [1.82, 2.24) is 0 Å². The SMILES string of the molecule is NCOc1cc(CCC(=O)C2CCC3CC4CC(C5(c6ccccc6)CCCC5)C(c5cc(O)c(O)c(OCc6cccc(O)c6)c54)C3C2O)ccc1O. The summed E-state index contributed by atoms with van der Waals surface area (Å²) in [6.45, 7) is 0.0204. The number of ether oxygens (including phenoxy) is 2. The summed E-state index contributed by atoms with van der Waals surface area (Å²) in [6.07, 6.45) is 7.13. The lowest BCUT2D eigenvalue weighted by atomic mass is 9.53. The number of aromatic hydroxyl groups is 4. The maximum absolute atomic E-state index is 14.1. The van der Waals surface area contributed by atoms with Crippen molar-refractivity contribution in [1.29, 1.82) is 0 Å². The molecule has 0 radical (unpaired) electrons. The number of hydrogen-bond donors (Lipinski definition) is 6. The van der Waals surface area contributed by atoms with E-state index in [2.05, 4.69) is 30.3 Å². The molecule has 9 heteroatoms. The minimum Gasteiger partial charge on any atom is -0.508 e. The minimum atomic E-state index is -0.883. The molecule has 3 fully saturated rings. The summed E-state index contributed by atoms with van der Waals surface area (Å²) in [6, 6.07) is 24.3. The smallest absolute Gasteiger partial charge is 0.200 e. The van der Waals surface area contributed by atoms with E-state index in [1.165, 1.54) is 5.56 Å². The molecule has 7 unspecified atom stereocenters. The molecule has 0 saturated heterocycles. The van der Waals surface area contributed by atoms with Crippen LogP contribution in [0.1, 0.15) is 97.4 Å². The maximum Gasteiger partial charge on any atom is 0.200 e. The van der Waals surface area contributed by atoms with Gasteiger partial charge in [0.2, 0.25) is 5.75 Å². The molecule has 284 valence electrons. The molecule has 9 nitrogen and oxygen atoms in total. The predicted octanol–water partition coefficient (Wildman–Crippen LogP) is 7.69. The summed E-state index contributed by atoms with van der Waals surface area (Å²) in [7, 11) is 0. The molecule has 7 atom stereocenters. The number of aryl methyl sites for hydroxylation is 1. The first kappa shape index (κ1) is 36.3. The molecule has 0 heterocycles. The van der Waals surface area contributed by atoms with Crippen molar-refractivity contribution >= 4 is 5.78 Å². The van der Waals surface area contributed by atoms with Gasteiger partial charge >= 0.3 is 0 Å². The number of phenols is 4. The predicted molar refractivity (Wildman–Crippen MR) is 204 cm³/mol. The van der Waals surface area contributed by atoms with Crippen LogP contribution in [0.3, 0.4) is 0 Å². The number of ketones is 1. The van der Waals surface area contributed by atoms with Crippen LogP contribution in [-0.2, 0) is 23.2 Å². The van der Waals surface area contributed by atoms with Crippen LogP contribution in [0.4, 0.5) is 0 Å². The van der Waals surface area contributed by atoms with Crippen LogP contribution in [0.25, 0.3) is 0 Å². The second-order valence-electron chi connectivity index (χ2n) is 16.2. The Bertz CT molecular complexity index is 1990. The quantitative estimate of drug-likeness (QED) is 0.0670. The molecule has 0 amide bonds. The van der Waals surface area contributed by atoms with Crippen LogP contribution in [0.15, 0.2) is 78.9 Å². The molecule has 2 bridgehead atoms. The number of carbonyl (C=O) groups is 1. The Labute approximate surface area is 316 Å². The fourth-order valence-electron chi connectivity index (χ4n) is 11.2. The first-order valence-corrected chi connectivity index (χ1v) is 19.6. The van der Waals surface area contributed by atoms with Crippen molar-refractivity contribution in [3.63, 3.8) is 0 Å². The third-order valence-corrected chi connectivity index (χ3v) is 13.4. The molecule has 7 N–H and O–H groups in total. The Morgan fingerprint density at radius 3 is 2.39 bits per heavy atom. The standard InChI is InChI=1S/C45H51NO8/c46-25-54-38-20-26(12-16-36(38)49)11-15-35(48)32-14-13-28-21-29-22-34(45(17-4-5-18-45)30-8-2-1-3-9-30)41(40(28)42(32)51)33-23-37(50)43(52)44(39(29)33)53-24-27-7-6-10-31(47)19-27/h1-3,6-10,12,16,19-20,23,28-29,32,34,40-42,47,49-52H,4-5,11,13-15,17-18,21-22,24-25,46H2. The molecule has 5 aliphatic carbocycles. The van der Waals surface area contributed by atoms with Gasteiger partial charge in [-0.3, -0.25) is 10.5 Å². The highest BCUT2D eigenvalue weighted by Gasteiger charge is 2.59. The highest BCUT2D eigenvalue weighted by Crippen LogP contribution is 2.67. The van der Waals surface area contributed by atoms with Crippen LogP contribution in [0.2, 0.25) is 0 Å². The lowest BCUT2D eigenvalue weighted by molar-refractivity contribution is -0.132. The summed E-state index contributed by atoms with van der Waals surface area (Å²) in [5.41, 5.74) is 10.1. The fourth-order valence-corrected chi connectivity index (χ4v) is 11.2. The number of aliphatic hydroxyl groups excluding tert-OH is 1. The third kappa shape index (κ3) is 6.45. The van der Waals surface area contributed by atoms with Crippen molar-refractivity contribution in [2.75, 3.05) is 6.73 Å².